The Morgan fingerprint density at radius 3 is 2.85 bits per heavy atom. The first kappa shape index (κ1) is 10.5. The molecule has 1 saturated heterocycles. The first-order valence-electron chi connectivity index (χ1n) is 3.82. The highest BCUT2D eigenvalue weighted by Gasteiger charge is 2.21. The lowest BCUT2D eigenvalue weighted by atomic mass is 10.5. The number of rotatable bonds is 4. The van der Waals surface area contributed by atoms with Gasteiger partial charge in [0.25, 0.3) is 0 Å². The molecule has 1 aliphatic rings. The molecular weight excluding hydrogens is 195 g/mol. The van der Waals surface area contributed by atoms with Gasteiger partial charge >= 0.3 is 8.25 Å². The summed E-state index contributed by atoms with van der Waals surface area (Å²) in [5, 5.41) is 8.76. The SMILES string of the molecule is N=C1N(N)CCN1CCO[PH](=O)O. The van der Waals surface area contributed by atoms with E-state index in [9.17, 15) is 4.57 Å². The van der Waals surface area contributed by atoms with Crippen molar-refractivity contribution in [2.24, 2.45) is 5.84 Å². The second-order valence-electron chi connectivity index (χ2n) is 2.62. The topological polar surface area (TPSA) is 103 Å². The maximum Gasteiger partial charge on any atom is 0.316 e. The molecule has 1 aliphatic heterocycles. The average molecular weight is 208 g/mol. The van der Waals surface area contributed by atoms with Gasteiger partial charge in [0, 0.05) is 13.1 Å². The molecule has 7 nitrogen and oxygen atoms in total. The Balaban J connectivity index is 2.23. The van der Waals surface area contributed by atoms with Crippen molar-refractivity contribution in [2.75, 3.05) is 26.2 Å². The fourth-order valence-corrected chi connectivity index (χ4v) is 1.35. The lowest BCUT2D eigenvalue weighted by molar-refractivity contribution is 0.254. The highest BCUT2D eigenvalue weighted by Crippen LogP contribution is 2.14. The van der Waals surface area contributed by atoms with Gasteiger partial charge in [0.15, 0.2) is 0 Å². The molecule has 13 heavy (non-hydrogen) atoms. The molecule has 0 aromatic carbocycles. The molecule has 4 N–H and O–H groups in total. The van der Waals surface area contributed by atoms with E-state index in [1.807, 2.05) is 0 Å². The monoisotopic (exact) mass is 208 g/mol. The average Bonchev–Trinajstić information content (AvgIpc) is 2.35. The van der Waals surface area contributed by atoms with Crippen molar-refractivity contribution in [1.82, 2.24) is 9.91 Å². The van der Waals surface area contributed by atoms with Crippen LogP contribution in [0.5, 0.6) is 0 Å². The molecule has 0 radical (unpaired) electrons. The largest absolute Gasteiger partial charge is 0.338 e. The van der Waals surface area contributed by atoms with Gasteiger partial charge in [-0.3, -0.25) is 15.0 Å². The van der Waals surface area contributed by atoms with Gasteiger partial charge in [0.1, 0.15) is 0 Å². The van der Waals surface area contributed by atoms with Gasteiger partial charge in [-0.15, -0.1) is 0 Å². The Hall–Kier alpha value is -0.620. The predicted octanol–water partition coefficient (Wildman–Crippen LogP) is -1.19. The fourth-order valence-electron chi connectivity index (χ4n) is 1.08. The summed E-state index contributed by atoms with van der Waals surface area (Å²) in [4.78, 5) is 10.0. The number of hydrogen-bond donors (Lipinski definition) is 3. The number of nitrogens with zero attached hydrogens (tertiary/aromatic N) is 2. The minimum absolute atomic E-state index is 0.143. The Bertz CT molecular complexity index is 224. The van der Waals surface area contributed by atoms with Gasteiger partial charge in [-0.2, -0.15) is 0 Å². The van der Waals surface area contributed by atoms with Crippen LogP contribution in [-0.2, 0) is 9.09 Å². The van der Waals surface area contributed by atoms with Crippen LogP contribution in [0.25, 0.3) is 0 Å². The second-order valence-corrected chi connectivity index (χ2v) is 3.44. The van der Waals surface area contributed by atoms with Crippen LogP contribution in [0.2, 0.25) is 0 Å². The number of hydrazine groups is 1. The van der Waals surface area contributed by atoms with E-state index >= 15 is 0 Å². The zero-order valence-corrected chi connectivity index (χ0v) is 8.06. The third-order valence-corrected chi connectivity index (χ3v) is 2.22. The summed E-state index contributed by atoms with van der Waals surface area (Å²) >= 11 is 0. The van der Waals surface area contributed by atoms with Crippen LogP contribution in [0.1, 0.15) is 0 Å². The molecule has 8 heteroatoms. The zero-order valence-electron chi connectivity index (χ0n) is 7.06. The van der Waals surface area contributed by atoms with Crippen molar-refractivity contribution in [3.63, 3.8) is 0 Å². The van der Waals surface area contributed by atoms with Crippen LogP contribution >= 0.6 is 8.25 Å². The summed E-state index contributed by atoms with van der Waals surface area (Å²) in [6, 6.07) is 0. The predicted molar refractivity (Wildman–Crippen MR) is 47.4 cm³/mol. The van der Waals surface area contributed by atoms with E-state index in [0.29, 0.717) is 19.6 Å². The lowest BCUT2D eigenvalue weighted by Gasteiger charge is -2.17. The molecule has 0 spiro atoms. The Labute approximate surface area is 76.5 Å². The number of guanidine groups is 1. The molecular formula is C5H13N4O3P. The van der Waals surface area contributed by atoms with Gasteiger partial charge < -0.3 is 14.3 Å². The molecule has 0 aliphatic carbocycles. The van der Waals surface area contributed by atoms with Gasteiger partial charge in [0.2, 0.25) is 5.96 Å². The highest BCUT2D eigenvalue weighted by atomic mass is 31.1. The maximum atomic E-state index is 10.2. The molecule has 76 valence electrons. The van der Waals surface area contributed by atoms with E-state index in [0.717, 1.165) is 0 Å². The number of hydrogen-bond acceptors (Lipinski definition) is 4. The lowest BCUT2D eigenvalue weighted by Crippen LogP contribution is -2.38. The summed E-state index contributed by atoms with van der Waals surface area (Å²) in [5.41, 5.74) is 0. The van der Waals surface area contributed by atoms with Gasteiger partial charge in [-0.05, 0) is 0 Å². The molecule has 0 amide bonds. The quantitative estimate of drug-likeness (QED) is 0.396. The minimum Gasteiger partial charge on any atom is -0.338 e. The van der Waals surface area contributed by atoms with Gasteiger partial charge in [-0.1, -0.05) is 0 Å². The first-order chi connectivity index (χ1) is 6.11. The minimum atomic E-state index is -2.85. The third kappa shape index (κ3) is 2.96. The molecule has 0 aromatic rings. The molecule has 1 fully saturated rings. The van der Waals surface area contributed by atoms with Crippen molar-refractivity contribution in [1.29, 1.82) is 5.41 Å². The van der Waals surface area contributed by atoms with E-state index < -0.39 is 8.25 Å². The summed E-state index contributed by atoms with van der Waals surface area (Å²) < 4.78 is 14.7. The van der Waals surface area contributed by atoms with Crippen LogP contribution in [-0.4, -0.2) is 47.0 Å². The van der Waals surface area contributed by atoms with Crippen LogP contribution in [0, 0.1) is 5.41 Å². The summed E-state index contributed by atoms with van der Waals surface area (Å²) in [6.45, 7) is 1.83. The molecule has 0 bridgehead atoms. The van der Waals surface area contributed by atoms with Crippen molar-refractivity contribution < 1.29 is 14.0 Å². The standard InChI is InChI=1S/C5H13N4O3P/c6-5-8(1-2-9(5)7)3-4-12-13(10)11/h6,13H,1-4,7H2,(H,10,11). The number of nitrogens with two attached hydrogens (primary N) is 1. The molecule has 1 atom stereocenters. The van der Waals surface area contributed by atoms with E-state index in [1.54, 1.807) is 4.90 Å². The molecule has 0 saturated carbocycles. The third-order valence-electron chi connectivity index (χ3n) is 1.77. The number of nitrogens with one attached hydrogen (secondary N) is 1. The Morgan fingerprint density at radius 1 is 1.69 bits per heavy atom. The smallest absolute Gasteiger partial charge is 0.316 e. The molecule has 1 heterocycles. The molecule has 1 rings (SSSR count). The molecule has 1 unspecified atom stereocenters. The summed E-state index contributed by atoms with van der Waals surface area (Å²) in [6.07, 6.45) is 0. The normalized spacial score (nSPS) is 19.7. The molecule has 0 aromatic heterocycles. The maximum absolute atomic E-state index is 10.2. The van der Waals surface area contributed by atoms with Crippen molar-refractivity contribution in [3.8, 4) is 0 Å². The van der Waals surface area contributed by atoms with E-state index in [-0.39, 0.29) is 12.6 Å². The van der Waals surface area contributed by atoms with Crippen molar-refractivity contribution in [2.45, 2.75) is 0 Å². The zero-order chi connectivity index (χ0) is 9.84. The van der Waals surface area contributed by atoms with Crippen molar-refractivity contribution in [3.05, 3.63) is 0 Å². The Kier molecular flexibility index (Phi) is 3.68. The van der Waals surface area contributed by atoms with Gasteiger partial charge in [-0.25, -0.2) is 5.84 Å². The van der Waals surface area contributed by atoms with Crippen LogP contribution in [0.15, 0.2) is 0 Å². The Morgan fingerprint density at radius 2 is 2.38 bits per heavy atom. The van der Waals surface area contributed by atoms with E-state index in [4.69, 9.17) is 16.1 Å². The summed E-state index contributed by atoms with van der Waals surface area (Å²) in [7, 11) is -2.85. The summed E-state index contributed by atoms with van der Waals surface area (Å²) in [5.74, 6) is 5.65. The van der Waals surface area contributed by atoms with Crippen LogP contribution in [0.4, 0.5) is 0 Å². The van der Waals surface area contributed by atoms with Crippen LogP contribution < -0.4 is 5.84 Å². The first-order valence-corrected chi connectivity index (χ1v) is 5.09. The second kappa shape index (κ2) is 4.57. The van der Waals surface area contributed by atoms with E-state index in [1.165, 1.54) is 5.01 Å². The van der Waals surface area contributed by atoms with E-state index in [2.05, 4.69) is 4.52 Å². The van der Waals surface area contributed by atoms with Crippen molar-refractivity contribution >= 4 is 14.2 Å². The fraction of sp³-hybridized carbons (Fsp3) is 0.800. The van der Waals surface area contributed by atoms with Gasteiger partial charge in [0.05, 0.1) is 13.2 Å². The van der Waals surface area contributed by atoms with Crippen LogP contribution in [0.3, 0.4) is 0 Å². The highest BCUT2D eigenvalue weighted by molar-refractivity contribution is 7.32.